The maximum atomic E-state index is 12.4. The van der Waals surface area contributed by atoms with E-state index in [1.807, 2.05) is 30.3 Å². The van der Waals surface area contributed by atoms with Crippen molar-refractivity contribution < 1.29 is 13.9 Å². The van der Waals surface area contributed by atoms with Gasteiger partial charge in [-0.3, -0.25) is 9.69 Å². The van der Waals surface area contributed by atoms with E-state index in [-0.39, 0.29) is 5.56 Å². The number of methoxy groups -OCH3 is 1. The van der Waals surface area contributed by atoms with Gasteiger partial charge in [0, 0.05) is 43.1 Å². The highest BCUT2D eigenvalue weighted by Crippen LogP contribution is 2.31. The zero-order valence-electron chi connectivity index (χ0n) is 18.0. The Labute approximate surface area is 191 Å². The molecular weight excluding hydrogens is 430 g/mol. The lowest BCUT2D eigenvalue weighted by Gasteiger charge is -2.36. The quantitative estimate of drug-likeness (QED) is 0.435. The molecule has 1 saturated heterocycles. The van der Waals surface area contributed by atoms with Gasteiger partial charge in [0.15, 0.2) is 0 Å². The van der Waals surface area contributed by atoms with Gasteiger partial charge in [0.1, 0.15) is 16.9 Å². The van der Waals surface area contributed by atoms with E-state index < -0.39 is 11.5 Å². The lowest BCUT2D eigenvalue weighted by molar-refractivity contribution is 0.0948. The summed E-state index contributed by atoms with van der Waals surface area (Å²) in [6.07, 6.45) is 0.797. The van der Waals surface area contributed by atoms with Crippen molar-refractivity contribution in [3.8, 4) is 5.75 Å². The summed E-state index contributed by atoms with van der Waals surface area (Å²) in [5.74, 6) is 0.422. The fourth-order valence-corrected chi connectivity index (χ4v) is 4.11. The molecule has 1 aliphatic heterocycles. The molecule has 0 unspecified atom stereocenters. The minimum atomic E-state index is -0.617. The van der Waals surface area contributed by atoms with Crippen LogP contribution in [0, 0.1) is 0 Å². The van der Waals surface area contributed by atoms with Crippen LogP contribution in [0.25, 0.3) is 11.0 Å². The van der Waals surface area contributed by atoms with Gasteiger partial charge < -0.3 is 19.4 Å². The van der Waals surface area contributed by atoms with E-state index in [9.17, 15) is 9.59 Å². The van der Waals surface area contributed by atoms with E-state index in [1.165, 1.54) is 0 Å². The summed E-state index contributed by atoms with van der Waals surface area (Å²) < 4.78 is 10.7. The molecule has 0 aliphatic carbocycles. The predicted molar refractivity (Wildman–Crippen MR) is 126 cm³/mol. The van der Waals surface area contributed by atoms with Gasteiger partial charge in [0.05, 0.1) is 12.8 Å². The van der Waals surface area contributed by atoms with Crippen LogP contribution in [0.2, 0.25) is 5.02 Å². The third-order valence-electron chi connectivity index (χ3n) is 5.68. The van der Waals surface area contributed by atoms with Crippen LogP contribution in [-0.4, -0.2) is 57.2 Å². The Morgan fingerprint density at radius 2 is 1.91 bits per heavy atom. The molecule has 168 valence electrons. The summed E-state index contributed by atoms with van der Waals surface area (Å²) in [7, 11) is 1.67. The number of hydrogen-bond acceptors (Lipinski definition) is 6. The van der Waals surface area contributed by atoms with Crippen molar-refractivity contribution in [1.29, 1.82) is 0 Å². The monoisotopic (exact) mass is 455 g/mol. The van der Waals surface area contributed by atoms with Gasteiger partial charge in [-0.2, -0.15) is 0 Å². The fourth-order valence-electron chi connectivity index (χ4n) is 3.94. The Kier molecular flexibility index (Phi) is 6.97. The molecule has 0 atom stereocenters. The van der Waals surface area contributed by atoms with Crippen LogP contribution >= 0.6 is 11.6 Å². The molecule has 2 aromatic carbocycles. The van der Waals surface area contributed by atoms with Crippen LogP contribution in [-0.2, 0) is 0 Å². The summed E-state index contributed by atoms with van der Waals surface area (Å²) in [5, 5.41) is 4.25. The molecule has 2 heterocycles. The number of ether oxygens (including phenoxy) is 1. The van der Waals surface area contributed by atoms with Crippen molar-refractivity contribution in [3.63, 3.8) is 0 Å². The average Bonchev–Trinajstić information content (AvgIpc) is 2.81. The molecule has 4 rings (SSSR count). The van der Waals surface area contributed by atoms with E-state index in [2.05, 4.69) is 15.1 Å². The summed E-state index contributed by atoms with van der Waals surface area (Å²) in [4.78, 5) is 29.2. The lowest BCUT2D eigenvalue weighted by Crippen LogP contribution is -2.47. The van der Waals surface area contributed by atoms with Gasteiger partial charge in [0.2, 0.25) is 0 Å². The number of amides is 1. The highest BCUT2D eigenvalue weighted by molar-refractivity contribution is 6.30. The zero-order valence-corrected chi connectivity index (χ0v) is 18.7. The molecule has 7 nitrogen and oxygen atoms in total. The molecule has 0 bridgehead atoms. The van der Waals surface area contributed by atoms with E-state index in [0.29, 0.717) is 17.2 Å². The Bertz CT molecular complexity index is 1160. The van der Waals surface area contributed by atoms with Gasteiger partial charge in [0.25, 0.3) is 5.91 Å². The number of rotatable bonds is 7. The largest absolute Gasteiger partial charge is 0.495 e. The van der Waals surface area contributed by atoms with Crippen molar-refractivity contribution in [1.82, 2.24) is 10.2 Å². The van der Waals surface area contributed by atoms with E-state index in [1.54, 1.807) is 25.3 Å². The first-order valence-electron chi connectivity index (χ1n) is 10.7. The molecule has 1 aromatic heterocycles. The standard InChI is InChI=1S/C24H26ClN3O4/c1-31-22-8-7-18(25)16-20(22)28-13-11-27(12-14-28)10-4-9-26-23(29)19-15-17-5-2-3-6-21(17)32-24(19)30/h2-3,5-8,15-16H,4,9-14H2,1H3,(H,26,29). The summed E-state index contributed by atoms with van der Waals surface area (Å²) in [6, 6.07) is 14.4. The second kappa shape index (κ2) is 10.1. The number of benzene rings is 2. The Hall–Kier alpha value is -3.03. The number of para-hydroxylation sites is 1. The van der Waals surface area contributed by atoms with E-state index >= 15 is 0 Å². The third kappa shape index (κ3) is 5.06. The number of carbonyl (C=O) groups is 1. The fraction of sp³-hybridized carbons (Fsp3) is 0.333. The number of nitrogens with one attached hydrogen (secondary N) is 1. The number of piperazine rings is 1. The Morgan fingerprint density at radius 3 is 2.69 bits per heavy atom. The number of nitrogens with zero attached hydrogens (tertiary/aromatic N) is 2. The third-order valence-corrected chi connectivity index (χ3v) is 5.91. The van der Waals surface area contributed by atoms with Crippen LogP contribution in [0.1, 0.15) is 16.8 Å². The first kappa shape index (κ1) is 22.2. The SMILES string of the molecule is COc1ccc(Cl)cc1N1CCN(CCCNC(=O)c2cc3ccccc3oc2=O)CC1. The van der Waals surface area contributed by atoms with Gasteiger partial charge in [-0.05, 0) is 43.3 Å². The van der Waals surface area contributed by atoms with Crippen LogP contribution in [0.15, 0.2) is 57.7 Å². The molecular formula is C24H26ClN3O4. The number of halogens is 1. The highest BCUT2D eigenvalue weighted by atomic mass is 35.5. The summed E-state index contributed by atoms with van der Waals surface area (Å²) in [5.41, 5.74) is 0.909. The van der Waals surface area contributed by atoms with E-state index in [4.69, 9.17) is 20.8 Å². The normalized spacial score (nSPS) is 14.5. The summed E-state index contributed by atoms with van der Waals surface area (Å²) in [6.45, 7) is 4.94. The second-order valence-electron chi connectivity index (χ2n) is 7.74. The highest BCUT2D eigenvalue weighted by Gasteiger charge is 2.20. The first-order chi connectivity index (χ1) is 15.5. The molecule has 1 aliphatic rings. The molecule has 0 radical (unpaired) electrons. The van der Waals surface area contributed by atoms with Gasteiger partial charge >= 0.3 is 5.63 Å². The molecule has 3 aromatic rings. The van der Waals surface area contributed by atoms with Crippen molar-refractivity contribution in [2.24, 2.45) is 0 Å². The lowest BCUT2D eigenvalue weighted by atomic mass is 10.2. The average molecular weight is 456 g/mol. The molecule has 1 fully saturated rings. The number of anilines is 1. The molecule has 32 heavy (non-hydrogen) atoms. The van der Waals surface area contributed by atoms with Crippen LogP contribution in [0.3, 0.4) is 0 Å². The molecule has 8 heteroatoms. The van der Waals surface area contributed by atoms with Gasteiger partial charge in [-0.15, -0.1) is 0 Å². The zero-order chi connectivity index (χ0) is 22.5. The molecule has 1 N–H and O–H groups in total. The Balaban J connectivity index is 1.24. The molecule has 0 spiro atoms. The molecule has 1 amide bonds. The van der Waals surface area contributed by atoms with Gasteiger partial charge in [-0.25, -0.2) is 4.79 Å². The maximum Gasteiger partial charge on any atom is 0.349 e. The van der Waals surface area contributed by atoms with Crippen molar-refractivity contribution in [2.75, 3.05) is 51.3 Å². The minimum absolute atomic E-state index is 0.0350. The first-order valence-corrected chi connectivity index (χ1v) is 11.0. The number of carbonyl (C=O) groups excluding carboxylic acids is 1. The number of hydrogen-bond donors (Lipinski definition) is 1. The Morgan fingerprint density at radius 1 is 1.12 bits per heavy atom. The predicted octanol–water partition coefficient (Wildman–Crippen LogP) is 3.40. The second-order valence-corrected chi connectivity index (χ2v) is 8.18. The van der Waals surface area contributed by atoms with Crippen LogP contribution in [0.4, 0.5) is 5.69 Å². The number of fused-ring (bicyclic) bond motifs is 1. The van der Waals surface area contributed by atoms with Crippen molar-refractivity contribution in [2.45, 2.75) is 6.42 Å². The topological polar surface area (TPSA) is 75.0 Å². The van der Waals surface area contributed by atoms with Crippen molar-refractivity contribution in [3.05, 3.63) is 69.5 Å². The smallest absolute Gasteiger partial charge is 0.349 e. The van der Waals surface area contributed by atoms with Crippen LogP contribution in [0.5, 0.6) is 5.75 Å². The summed E-state index contributed by atoms with van der Waals surface area (Å²) >= 11 is 6.16. The minimum Gasteiger partial charge on any atom is -0.495 e. The van der Waals surface area contributed by atoms with Crippen molar-refractivity contribution >= 4 is 34.2 Å². The van der Waals surface area contributed by atoms with Crippen LogP contribution < -0.4 is 20.6 Å². The van der Waals surface area contributed by atoms with Gasteiger partial charge in [-0.1, -0.05) is 29.8 Å². The van der Waals surface area contributed by atoms with E-state index in [0.717, 1.165) is 56.0 Å². The maximum absolute atomic E-state index is 12.4. The molecule has 0 saturated carbocycles.